The maximum Gasteiger partial charge on any atom is 0.335 e. The molecule has 1 amide bonds. The van der Waals surface area contributed by atoms with Gasteiger partial charge in [0.2, 0.25) is 0 Å². The van der Waals surface area contributed by atoms with Crippen molar-refractivity contribution in [3.63, 3.8) is 0 Å². The van der Waals surface area contributed by atoms with E-state index in [1.807, 2.05) is 48.0 Å². The summed E-state index contributed by atoms with van der Waals surface area (Å²) >= 11 is 0. The molecule has 0 aliphatic carbocycles. The van der Waals surface area contributed by atoms with Crippen LogP contribution in [0.15, 0.2) is 108 Å². The maximum atomic E-state index is 13.8. The summed E-state index contributed by atoms with van der Waals surface area (Å²) < 4.78 is 7.02. The van der Waals surface area contributed by atoms with E-state index in [0.29, 0.717) is 12.0 Å². The number of pyridine rings is 1. The number of carbonyl (C=O) groups excluding carboxylic acids is 1. The molecule has 2 N–H and O–H groups in total. The normalized spacial score (nSPS) is 12.0. The van der Waals surface area contributed by atoms with Gasteiger partial charge in [-0.2, -0.15) is 0 Å². The van der Waals surface area contributed by atoms with Gasteiger partial charge >= 0.3 is 5.97 Å². The van der Waals surface area contributed by atoms with Gasteiger partial charge in [-0.15, -0.1) is 0 Å². The van der Waals surface area contributed by atoms with Crippen LogP contribution in [0.2, 0.25) is 0 Å². The highest BCUT2D eigenvalue weighted by atomic mass is 16.5. The Hall–Kier alpha value is -5.17. The molecule has 0 saturated heterocycles. The number of hydrogen-bond acceptors (Lipinski definition) is 4. The molecule has 1 atom stereocenters. The highest BCUT2D eigenvalue weighted by Crippen LogP contribution is 2.28. The number of aromatic nitrogens is 2. The number of benzene rings is 3. The lowest BCUT2D eigenvalue weighted by molar-refractivity contribution is 0.0696. The smallest absolute Gasteiger partial charge is 0.335 e. The van der Waals surface area contributed by atoms with Gasteiger partial charge in [0.15, 0.2) is 0 Å². The van der Waals surface area contributed by atoms with Gasteiger partial charge in [-0.3, -0.25) is 4.79 Å². The van der Waals surface area contributed by atoms with Gasteiger partial charge in [-0.25, -0.2) is 4.79 Å². The zero-order valence-corrected chi connectivity index (χ0v) is 21.2. The minimum absolute atomic E-state index is 0.201. The number of nitrogens with one attached hydrogen (secondary N) is 1. The van der Waals surface area contributed by atoms with Gasteiger partial charge in [0.05, 0.1) is 28.9 Å². The Morgan fingerprint density at radius 2 is 1.77 bits per heavy atom. The molecule has 0 aliphatic heterocycles. The van der Waals surface area contributed by atoms with E-state index in [2.05, 4.69) is 40.8 Å². The van der Waals surface area contributed by atoms with Gasteiger partial charge in [0.1, 0.15) is 6.26 Å². The molecule has 6 rings (SSSR count). The van der Waals surface area contributed by atoms with E-state index in [1.165, 1.54) is 10.8 Å². The van der Waals surface area contributed by atoms with Gasteiger partial charge < -0.3 is 19.3 Å². The lowest BCUT2D eigenvalue weighted by Gasteiger charge is -2.17. The third-order valence-electron chi connectivity index (χ3n) is 7.06. The number of carbonyl (C=O) groups is 2. The van der Waals surface area contributed by atoms with E-state index < -0.39 is 5.97 Å². The van der Waals surface area contributed by atoms with Crippen molar-refractivity contribution in [1.82, 2.24) is 14.9 Å². The van der Waals surface area contributed by atoms with E-state index >= 15 is 0 Å². The van der Waals surface area contributed by atoms with Crippen molar-refractivity contribution in [1.29, 1.82) is 0 Å². The lowest BCUT2D eigenvalue weighted by atomic mass is 9.99. The molecule has 6 aromatic rings. The van der Waals surface area contributed by atoms with Crippen LogP contribution in [0.1, 0.15) is 50.4 Å². The van der Waals surface area contributed by atoms with Crippen LogP contribution < -0.4 is 5.32 Å². The minimum Gasteiger partial charge on any atom is -0.478 e. The number of nitrogens with zero attached hydrogens (tertiary/aromatic N) is 2. The van der Waals surface area contributed by atoms with Crippen LogP contribution in [0, 0.1) is 0 Å². The fraction of sp³-hybridized carbons (Fsp3) is 0.0938. The first kappa shape index (κ1) is 24.2. The maximum absolute atomic E-state index is 13.8. The molecular formula is C32H25N3O4. The molecule has 0 spiro atoms. The average molecular weight is 516 g/mol. The van der Waals surface area contributed by atoms with Crippen LogP contribution in [0.3, 0.4) is 0 Å². The molecule has 0 radical (unpaired) electrons. The van der Waals surface area contributed by atoms with Gasteiger partial charge in [-0.1, -0.05) is 59.8 Å². The third-order valence-corrected chi connectivity index (χ3v) is 7.06. The fourth-order valence-corrected chi connectivity index (χ4v) is 4.98. The molecule has 7 heteroatoms. The second-order valence-electron chi connectivity index (χ2n) is 9.63. The largest absolute Gasteiger partial charge is 0.478 e. The molecule has 39 heavy (non-hydrogen) atoms. The Balaban J connectivity index is 1.38. The molecule has 0 bridgehead atoms. The van der Waals surface area contributed by atoms with Crippen molar-refractivity contribution >= 4 is 28.2 Å². The van der Waals surface area contributed by atoms with E-state index in [-0.39, 0.29) is 17.5 Å². The number of amides is 1. The molecule has 0 aliphatic rings. The van der Waals surface area contributed by atoms with E-state index in [0.717, 1.165) is 33.3 Å². The predicted molar refractivity (Wildman–Crippen MR) is 149 cm³/mol. The number of carboxylic acid groups (broad SMARTS) is 1. The SMILES string of the molecule is C[C@H](NC(=O)c1cc(-c2cnoc2)cn2ccc(Cc3ccc4ccccc4c3)c12)c1ccc(C(=O)O)cc1. The van der Waals surface area contributed by atoms with E-state index in [4.69, 9.17) is 4.52 Å². The van der Waals surface area contributed by atoms with Crippen molar-refractivity contribution in [3.05, 3.63) is 132 Å². The molecule has 0 unspecified atom stereocenters. The molecule has 7 nitrogen and oxygen atoms in total. The summed E-state index contributed by atoms with van der Waals surface area (Å²) in [5.74, 6) is -1.22. The number of rotatable bonds is 7. The first-order chi connectivity index (χ1) is 19.0. The van der Waals surface area contributed by atoms with Crippen LogP contribution in [-0.4, -0.2) is 26.5 Å². The number of aromatic carboxylic acids is 1. The van der Waals surface area contributed by atoms with E-state index in [1.54, 1.807) is 36.7 Å². The molecule has 0 fully saturated rings. The van der Waals surface area contributed by atoms with Crippen LogP contribution >= 0.6 is 0 Å². The molecule has 192 valence electrons. The Morgan fingerprint density at radius 3 is 2.51 bits per heavy atom. The standard InChI is InChI=1S/C32H25N3O4/c1-20(22-8-10-24(11-9-22)32(37)38)34-31(36)29-16-27(28-17-33-39-19-28)18-35-13-12-26(30(29)35)15-21-6-7-23-4-2-3-5-25(23)14-21/h2-14,16-20H,15H2,1H3,(H,34,36)(H,37,38)/t20-/m0/s1. The van der Waals surface area contributed by atoms with Gasteiger partial charge in [0, 0.05) is 23.5 Å². The Morgan fingerprint density at radius 1 is 0.974 bits per heavy atom. The van der Waals surface area contributed by atoms with Gasteiger partial charge in [-0.05, 0) is 65.1 Å². The van der Waals surface area contributed by atoms with Crippen molar-refractivity contribution in [2.24, 2.45) is 0 Å². The first-order valence-electron chi connectivity index (χ1n) is 12.6. The zero-order valence-electron chi connectivity index (χ0n) is 21.2. The van der Waals surface area contributed by atoms with Crippen molar-refractivity contribution in [2.75, 3.05) is 0 Å². The van der Waals surface area contributed by atoms with Crippen molar-refractivity contribution < 1.29 is 19.2 Å². The Bertz CT molecular complexity index is 1820. The summed E-state index contributed by atoms with van der Waals surface area (Å²) in [5.41, 5.74) is 6.14. The van der Waals surface area contributed by atoms with E-state index in [9.17, 15) is 14.7 Å². The monoisotopic (exact) mass is 515 g/mol. The fourth-order valence-electron chi connectivity index (χ4n) is 4.98. The summed E-state index contributed by atoms with van der Waals surface area (Å²) in [6, 6.07) is 24.8. The van der Waals surface area contributed by atoms with Crippen molar-refractivity contribution in [2.45, 2.75) is 19.4 Å². The lowest BCUT2D eigenvalue weighted by Crippen LogP contribution is -2.27. The quantitative estimate of drug-likeness (QED) is 0.252. The zero-order chi connectivity index (χ0) is 26.9. The van der Waals surface area contributed by atoms with Crippen LogP contribution in [-0.2, 0) is 6.42 Å². The minimum atomic E-state index is -0.988. The van der Waals surface area contributed by atoms with Gasteiger partial charge in [0.25, 0.3) is 5.91 Å². The Labute approximate surface area is 224 Å². The molecular weight excluding hydrogens is 490 g/mol. The highest BCUT2D eigenvalue weighted by molar-refractivity contribution is 6.03. The van der Waals surface area contributed by atoms with Crippen LogP contribution in [0.5, 0.6) is 0 Å². The topological polar surface area (TPSA) is 96.8 Å². The summed E-state index contributed by atoms with van der Waals surface area (Å²) in [5, 5.41) is 18.5. The number of hydrogen-bond donors (Lipinski definition) is 2. The Kier molecular flexibility index (Phi) is 6.17. The molecule has 3 heterocycles. The van der Waals surface area contributed by atoms with Crippen molar-refractivity contribution in [3.8, 4) is 11.1 Å². The number of carboxylic acids is 1. The third kappa shape index (κ3) is 4.78. The van der Waals surface area contributed by atoms with Crippen LogP contribution in [0.25, 0.3) is 27.4 Å². The second-order valence-corrected chi connectivity index (χ2v) is 9.63. The summed E-state index contributed by atoms with van der Waals surface area (Å²) in [4.78, 5) is 25.0. The number of fused-ring (bicyclic) bond motifs is 2. The summed E-state index contributed by atoms with van der Waals surface area (Å²) in [7, 11) is 0. The molecule has 3 aromatic heterocycles. The summed E-state index contributed by atoms with van der Waals surface area (Å²) in [6.45, 7) is 1.88. The second kappa shape index (κ2) is 9.95. The average Bonchev–Trinajstić information content (AvgIpc) is 3.63. The molecule has 3 aromatic carbocycles. The molecule has 0 saturated carbocycles. The first-order valence-corrected chi connectivity index (χ1v) is 12.6. The highest BCUT2D eigenvalue weighted by Gasteiger charge is 2.20. The summed E-state index contributed by atoms with van der Waals surface area (Å²) in [6.07, 6.45) is 7.77. The van der Waals surface area contributed by atoms with Crippen LogP contribution in [0.4, 0.5) is 0 Å². The predicted octanol–water partition coefficient (Wildman–Crippen LogP) is 6.53.